The molecule has 0 bridgehead atoms. The number of carbonyl (C=O) groups is 2. The SMILES string of the molecule is CC(=O)C(=O)Oc1ccc(C(=N)N)cc1.[H-].[Na+]. The molecule has 80 valence electrons. The number of nitrogens with one attached hydrogen (secondary N) is 1. The summed E-state index contributed by atoms with van der Waals surface area (Å²) in [6, 6.07) is 6.01. The maximum Gasteiger partial charge on any atom is 1.00 e. The molecule has 3 N–H and O–H groups in total. The molecule has 0 atom stereocenters. The van der Waals surface area contributed by atoms with Crippen LogP contribution in [0.3, 0.4) is 0 Å². The maximum atomic E-state index is 10.9. The van der Waals surface area contributed by atoms with Gasteiger partial charge < -0.3 is 11.9 Å². The summed E-state index contributed by atoms with van der Waals surface area (Å²) in [5, 5.41) is 7.13. The van der Waals surface area contributed by atoms with Crippen molar-refractivity contribution in [2.45, 2.75) is 6.92 Å². The first-order valence-corrected chi connectivity index (χ1v) is 4.18. The molecular formula is C10H11N2NaO3. The first kappa shape index (κ1) is 14.8. The standard InChI is InChI=1S/C10H10N2O3.Na.H/c1-6(13)10(14)15-8-4-2-7(3-5-8)9(11)12;;/h2-5H,1H3,(H3,11,12);;/q;+1;-1. The van der Waals surface area contributed by atoms with Gasteiger partial charge in [0, 0.05) is 12.5 Å². The Morgan fingerprint density at radius 3 is 2.19 bits per heavy atom. The fourth-order valence-corrected chi connectivity index (χ4v) is 0.881. The van der Waals surface area contributed by atoms with Crippen molar-refractivity contribution in [1.29, 1.82) is 5.41 Å². The Labute approximate surface area is 116 Å². The molecule has 0 saturated heterocycles. The molecule has 0 amide bonds. The monoisotopic (exact) mass is 230 g/mol. The minimum absolute atomic E-state index is 0. The van der Waals surface area contributed by atoms with E-state index in [4.69, 9.17) is 15.9 Å². The van der Waals surface area contributed by atoms with Crippen molar-refractivity contribution in [3.8, 4) is 5.75 Å². The number of benzene rings is 1. The molecule has 0 saturated carbocycles. The topological polar surface area (TPSA) is 93.2 Å². The van der Waals surface area contributed by atoms with Gasteiger partial charge in [0.25, 0.3) is 0 Å². The zero-order valence-electron chi connectivity index (χ0n) is 10.1. The van der Waals surface area contributed by atoms with Crippen molar-refractivity contribution in [2.75, 3.05) is 0 Å². The number of hydrogen-bond donors (Lipinski definition) is 2. The minimum Gasteiger partial charge on any atom is -1.00 e. The third-order valence-corrected chi connectivity index (χ3v) is 1.66. The van der Waals surface area contributed by atoms with Crippen LogP contribution in [0, 0.1) is 5.41 Å². The number of ketones is 1. The molecule has 1 aromatic rings. The normalized spacial score (nSPS) is 8.81. The summed E-state index contributed by atoms with van der Waals surface area (Å²) >= 11 is 0. The number of nitrogens with two attached hydrogens (primary N) is 1. The van der Waals surface area contributed by atoms with Crippen LogP contribution in [0.1, 0.15) is 13.9 Å². The van der Waals surface area contributed by atoms with Crippen LogP contribution >= 0.6 is 0 Å². The predicted octanol–water partition coefficient (Wildman–Crippen LogP) is -2.42. The van der Waals surface area contributed by atoms with Crippen molar-refractivity contribution in [3.63, 3.8) is 0 Å². The molecule has 16 heavy (non-hydrogen) atoms. The van der Waals surface area contributed by atoms with Crippen LogP contribution in [0.5, 0.6) is 5.75 Å². The summed E-state index contributed by atoms with van der Waals surface area (Å²) in [7, 11) is 0. The number of hydrogen-bond acceptors (Lipinski definition) is 4. The largest absolute Gasteiger partial charge is 1.00 e. The number of amidine groups is 1. The van der Waals surface area contributed by atoms with E-state index < -0.39 is 11.8 Å². The second kappa shape index (κ2) is 6.42. The summed E-state index contributed by atoms with van der Waals surface area (Å²) in [5.74, 6) is -1.39. The average molecular weight is 230 g/mol. The van der Waals surface area contributed by atoms with Crippen LogP contribution in [0.2, 0.25) is 0 Å². The van der Waals surface area contributed by atoms with Crippen molar-refractivity contribution in [2.24, 2.45) is 5.73 Å². The average Bonchev–Trinajstić information content (AvgIpc) is 2.18. The quantitative estimate of drug-likeness (QED) is 0.151. The first-order valence-electron chi connectivity index (χ1n) is 4.18. The molecule has 0 aliphatic heterocycles. The number of nitrogen functional groups attached to an aromatic ring is 1. The number of rotatable bonds is 3. The molecule has 1 rings (SSSR count). The Bertz CT molecular complexity index is 420. The van der Waals surface area contributed by atoms with Crippen molar-refractivity contribution >= 4 is 17.6 Å². The van der Waals surface area contributed by atoms with E-state index in [9.17, 15) is 9.59 Å². The van der Waals surface area contributed by atoms with Crippen molar-refractivity contribution in [3.05, 3.63) is 29.8 Å². The van der Waals surface area contributed by atoms with Gasteiger partial charge in [-0.25, -0.2) is 4.79 Å². The van der Waals surface area contributed by atoms with Gasteiger partial charge in [-0.1, -0.05) is 0 Å². The van der Waals surface area contributed by atoms with E-state index >= 15 is 0 Å². The first-order chi connectivity index (χ1) is 7.00. The summed E-state index contributed by atoms with van der Waals surface area (Å²) in [6.07, 6.45) is 0. The Kier molecular flexibility index (Phi) is 5.95. The van der Waals surface area contributed by atoms with Gasteiger partial charge in [-0.2, -0.15) is 0 Å². The van der Waals surface area contributed by atoms with E-state index in [1.54, 1.807) is 0 Å². The maximum absolute atomic E-state index is 10.9. The van der Waals surface area contributed by atoms with Crippen molar-refractivity contribution < 1.29 is 45.3 Å². The van der Waals surface area contributed by atoms with Crippen LogP contribution in [-0.4, -0.2) is 17.6 Å². The molecule has 0 aliphatic rings. The summed E-state index contributed by atoms with van der Waals surface area (Å²) in [4.78, 5) is 21.5. The van der Waals surface area contributed by atoms with E-state index in [0.29, 0.717) is 5.56 Å². The third-order valence-electron chi connectivity index (χ3n) is 1.66. The van der Waals surface area contributed by atoms with Gasteiger partial charge in [0.05, 0.1) is 0 Å². The number of esters is 1. The molecule has 0 aliphatic carbocycles. The fourth-order valence-electron chi connectivity index (χ4n) is 0.881. The van der Waals surface area contributed by atoms with Crippen LogP contribution in [-0.2, 0) is 9.59 Å². The van der Waals surface area contributed by atoms with Crippen LogP contribution in [0.25, 0.3) is 0 Å². The van der Waals surface area contributed by atoms with E-state index in [1.807, 2.05) is 0 Å². The third kappa shape index (κ3) is 4.14. The second-order valence-corrected chi connectivity index (χ2v) is 2.88. The Hall–Kier alpha value is -1.17. The zero-order chi connectivity index (χ0) is 11.4. The number of carbonyl (C=O) groups excluding carboxylic acids is 2. The van der Waals surface area contributed by atoms with Gasteiger partial charge in [0.15, 0.2) is 0 Å². The molecule has 0 spiro atoms. The zero-order valence-corrected chi connectivity index (χ0v) is 11.1. The van der Waals surface area contributed by atoms with Crippen LogP contribution < -0.4 is 40.0 Å². The Morgan fingerprint density at radius 1 is 1.31 bits per heavy atom. The van der Waals surface area contributed by atoms with E-state index in [1.165, 1.54) is 24.3 Å². The molecular weight excluding hydrogens is 219 g/mol. The van der Waals surface area contributed by atoms with Gasteiger partial charge in [0.2, 0.25) is 5.78 Å². The fraction of sp³-hybridized carbons (Fsp3) is 0.100. The van der Waals surface area contributed by atoms with E-state index in [2.05, 4.69) is 0 Å². The predicted molar refractivity (Wildman–Crippen MR) is 54.9 cm³/mol. The summed E-state index contributed by atoms with van der Waals surface area (Å²) in [6.45, 7) is 1.13. The van der Waals surface area contributed by atoms with Gasteiger partial charge in [-0.15, -0.1) is 0 Å². The summed E-state index contributed by atoms with van der Waals surface area (Å²) in [5.41, 5.74) is 5.76. The molecule has 0 unspecified atom stereocenters. The molecule has 0 radical (unpaired) electrons. The van der Waals surface area contributed by atoms with Gasteiger partial charge in [-0.05, 0) is 24.3 Å². The molecule has 5 nitrogen and oxygen atoms in total. The van der Waals surface area contributed by atoms with Gasteiger partial charge >= 0.3 is 35.5 Å². The summed E-state index contributed by atoms with van der Waals surface area (Å²) < 4.78 is 4.71. The minimum atomic E-state index is -0.912. The van der Waals surface area contributed by atoms with E-state index in [0.717, 1.165) is 6.92 Å². The molecule has 0 heterocycles. The van der Waals surface area contributed by atoms with Gasteiger partial charge in [0.1, 0.15) is 11.6 Å². The number of Topliss-reactive ketones (excluding diaryl/α,β-unsaturated/α-hetero) is 1. The van der Waals surface area contributed by atoms with Crippen LogP contribution in [0.4, 0.5) is 0 Å². The smallest absolute Gasteiger partial charge is 1.00 e. The molecule has 0 fully saturated rings. The molecule has 6 heteroatoms. The van der Waals surface area contributed by atoms with Crippen LogP contribution in [0.15, 0.2) is 24.3 Å². The Morgan fingerprint density at radius 2 is 1.81 bits per heavy atom. The number of ether oxygens (including phenoxy) is 1. The molecule has 0 aromatic heterocycles. The van der Waals surface area contributed by atoms with Gasteiger partial charge in [-0.3, -0.25) is 10.2 Å². The molecule has 1 aromatic carbocycles. The van der Waals surface area contributed by atoms with Crippen molar-refractivity contribution in [1.82, 2.24) is 0 Å². The second-order valence-electron chi connectivity index (χ2n) is 2.88. The Balaban J connectivity index is 0. The van der Waals surface area contributed by atoms with E-state index in [-0.39, 0.29) is 42.6 Å².